The molecule has 8 heteroatoms. The van der Waals surface area contributed by atoms with Crippen molar-refractivity contribution in [1.82, 2.24) is 19.4 Å². The van der Waals surface area contributed by atoms with Gasteiger partial charge in [0.05, 0.1) is 18.4 Å². The number of aromatic nitrogens is 2. The average molecular weight is 378 g/mol. The molecular weight excluding hydrogens is 355 g/mol. The van der Waals surface area contributed by atoms with Crippen molar-refractivity contribution < 1.29 is 12.8 Å². The molecular formula is C18H23FN4O2S. The Kier molecular flexibility index (Phi) is 4.17. The van der Waals surface area contributed by atoms with Gasteiger partial charge in [-0.2, -0.15) is 9.40 Å². The van der Waals surface area contributed by atoms with Crippen LogP contribution in [0.25, 0.3) is 0 Å². The van der Waals surface area contributed by atoms with Crippen LogP contribution in [-0.4, -0.2) is 41.1 Å². The molecule has 140 valence electrons. The summed E-state index contributed by atoms with van der Waals surface area (Å²) in [5.41, 5.74) is 0.549. The summed E-state index contributed by atoms with van der Waals surface area (Å²) in [6, 6.07) is 6.64. The zero-order valence-corrected chi connectivity index (χ0v) is 15.8. The number of halogens is 1. The zero-order chi connectivity index (χ0) is 18.5. The summed E-state index contributed by atoms with van der Waals surface area (Å²) in [6.07, 6.45) is 2.04. The molecule has 2 aliphatic heterocycles. The molecule has 0 amide bonds. The first-order valence-electron chi connectivity index (χ1n) is 8.86. The van der Waals surface area contributed by atoms with Gasteiger partial charge in [-0.15, -0.1) is 0 Å². The van der Waals surface area contributed by atoms with Gasteiger partial charge in [0.15, 0.2) is 0 Å². The molecule has 3 heterocycles. The fourth-order valence-electron chi connectivity index (χ4n) is 4.28. The Hall–Kier alpha value is -1.77. The molecule has 1 aromatic heterocycles. The van der Waals surface area contributed by atoms with Crippen molar-refractivity contribution >= 4 is 10.0 Å². The normalized spacial score (nSPS) is 23.1. The molecule has 1 unspecified atom stereocenters. The third-order valence-corrected chi connectivity index (χ3v) is 7.80. The third kappa shape index (κ3) is 2.59. The molecule has 1 N–H and O–H groups in total. The van der Waals surface area contributed by atoms with E-state index >= 15 is 0 Å². The van der Waals surface area contributed by atoms with Crippen LogP contribution in [-0.2, 0) is 23.1 Å². The number of hydrogen-bond acceptors (Lipinski definition) is 4. The van der Waals surface area contributed by atoms with Gasteiger partial charge in [0.2, 0.25) is 10.0 Å². The topological polar surface area (TPSA) is 67.2 Å². The smallest absolute Gasteiger partial charge is 0.247 e. The largest absolute Gasteiger partial charge is 0.309 e. The Bertz CT molecular complexity index is 938. The first-order valence-corrected chi connectivity index (χ1v) is 10.3. The van der Waals surface area contributed by atoms with E-state index in [-0.39, 0.29) is 16.6 Å². The number of rotatable bonds is 3. The Labute approximate surface area is 153 Å². The van der Waals surface area contributed by atoms with Crippen LogP contribution in [0.1, 0.15) is 37.4 Å². The van der Waals surface area contributed by atoms with E-state index in [1.54, 1.807) is 22.9 Å². The maximum absolute atomic E-state index is 14.3. The summed E-state index contributed by atoms with van der Waals surface area (Å²) in [4.78, 5) is 0.256. The van der Waals surface area contributed by atoms with Crippen molar-refractivity contribution in [1.29, 1.82) is 0 Å². The summed E-state index contributed by atoms with van der Waals surface area (Å²) in [5.74, 6) is -0.472. The number of nitrogens with one attached hydrogen (secondary N) is 1. The molecule has 2 aromatic rings. The van der Waals surface area contributed by atoms with Crippen LogP contribution in [0.2, 0.25) is 0 Å². The first kappa shape index (κ1) is 17.6. The average Bonchev–Trinajstić information content (AvgIpc) is 3.16. The van der Waals surface area contributed by atoms with Gasteiger partial charge in [0.1, 0.15) is 10.7 Å². The minimum atomic E-state index is -3.71. The van der Waals surface area contributed by atoms with Crippen LogP contribution in [0.4, 0.5) is 4.39 Å². The molecule has 1 atom stereocenters. The van der Waals surface area contributed by atoms with Gasteiger partial charge in [0.25, 0.3) is 0 Å². The minimum absolute atomic E-state index is 0.192. The molecule has 1 fully saturated rings. The van der Waals surface area contributed by atoms with Crippen molar-refractivity contribution in [3.05, 3.63) is 47.5 Å². The number of hydrogen-bond donors (Lipinski definition) is 1. The standard InChI is InChI=1S/C18H23FN4O2S/c1-18(2)14(13-5-3-4-6-15(13)19)7-9-23(18)26(24,25)17-12-21-22-10-8-20-11-16(17)22/h3-6,12,14,20H,7-11H2,1-2H3. The molecule has 6 nitrogen and oxygen atoms in total. The molecule has 0 bridgehead atoms. The first-order chi connectivity index (χ1) is 12.3. The highest BCUT2D eigenvalue weighted by Crippen LogP contribution is 2.45. The molecule has 0 spiro atoms. The fourth-order valence-corrected chi connectivity index (χ4v) is 6.26. The summed E-state index contributed by atoms with van der Waals surface area (Å²) in [7, 11) is -3.71. The van der Waals surface area contributed by atoms with E-state index in [1.165, 1.54) is 16.6 Å². The van der Waals surface area contributed by atoms with Crippen LogP contribution >= 0.6 is 0 Å². The van der Waals surface area contributed by atoms with E-state index in [9.17, 15) is 12.8 Å². The molecule has 4 rings (SSSR count). The molecule has 0 radical (unpaired) electrons. The predicted octanol–water partition coefficient (Wildman–Crippen LogP) is 2.08. The second kappa shape index (κ2) is 6.14. The van der Waals surface area contributed by atoms with Gasteiger partial charge in [-0.05, 0) is 31.9 Å². The molecule has 1 aromatic carbocycles. The van der Waals surface area contributed by atoms with Gasteiger partial charge < -0.3 is 5.32 Å². The Balaban J connectivity index is 1.72. The predicted molar refractivity (Wildman–Crippen MR) is 95.7 cm³/mol. The summed E-state index contributed by atoms with van der Waals surface area (Å²) >= 11 is 0. The quantitative estimate of drug-likeness (QED) is 0.888. The van der Waals surface area contributed by atoms with Crippen molar-refractivity contribution in [2.75, 3.05) is 13.1 Å². The van der Waals surface area contributed by atoms with Gasteiger partial charge in [-0.25, -0.2) is 12.8 Å². The van der Waals surface area contributed by atoms with Crippen molar-refractivity contribution in [2.24, 2.45) is 0 Å². The highest BCUT2D eigenvalue weighted by molar-refractivity contribution is 7.89. The number of sulfonamides is 1. The van der Waals surface area contributed by atoms with Crippen molar-refractivity contribution in [3.63, 3.8) is 0 Å². The SMILES string of the molecule is CC1(C)C(c2ccccc2F)CCN1S(=O)(=O)c1cnn2c1CNCC2. The van der Waals surface area contributed by atoms with Crippen LogP contribution in [0.3, 0.4) is 0 Å². The van der Waals surface area contributed by atoms with Gasteiger partial charge >= 0.3 is 0 Å². The summed E-state index contributed by atoms with van der Waals surface area (Å²) in [5, 5.41) is 7.44. The van der Waals surface area contributed by atoms with Gasteiger partial charge in [-0.1, -0.05) is 18.2 Å². The van der Waals surface area contributed by atoms with Crippen molar-refractivity contribution in [2.45, 2.75) is 49.7 Å². The number of fused-ring (bicyclic) bond motifs is 1. The summed E-state index contributed by atoms with van der Waals surface area (Å²) in [6.45, 7) is 6.04. The van der Waals surface area contributed by atoms with Crippen LogP contribution < -0.4 is 5.32 Å². The maximum atomic E-state index is 14.3. The molecule has 1 saturated heterocycles. The van der Waals surface area contributed by atoms with E-state index in [1.807, 2.05) is 13.8 Å². The molecule has 2 aliphatic rings. The van der Waals surface area contributed by atoms with E-state index in [2.05, 4.69) is 10.4 Å². The summed E-state index contributed by atoms with van der Waals surface area (Å²) < 4.78 is 44.4. The Morgan fingerprint density at radius 3 is 2.81 bits per heavy atom. The molecule has 0 aliphatic carbocycles. The lowest BCUT2D eigenvalue weighted by Crippen LogP contribution is -2.45. The fraction of sp³-hybridized carbons (Fsp3) is 0.500. The molecule has 0 saturated carbocycles. The van der Waals surface area contributed by atoms with E-state index in [4.69, 9.17) is 0 Å². The number of nitrogens with zero attached hydrogens (tertiary/aromatic N) is 3. The third-order valence-electron chi connectivity index (χ3n) is 5.67. The molecule has 26 heavy (non-hydrogen) atoms. The lowest BCUT2D eigenvalue weighted by molar-refractivity contribution is 0.266. The van der Waals surface area contributed by atoms with Crippen molar-refractivity contribution in [3.8, 4) is 0 Å². The van der Waals surface area contributed by atoms with Crippen LogP contribution in [0, 0.1) is 5.82 Å². The number of benzene rings is 1. The second-order valence-electron chi connectivity index (χ2n) is 7.45. The highest BCUT2D eigenvalue weighted by atomic mass is 32.2. The van der Waals surface area contributed by atoms with E-state index < -0.39 is 15.6 Å². The highest BCUT2D eigenvalue weighted by Gasteiger charge is 2.49. The van der Waals surface area contributed by atoms with E-state index in [0.717, 1.165) is 6.54 Å². The lowest BCUT2D eigenvalue weighted by atomic mass is 9.83. The van der Waals surface area contributed by atoms with E-state index in [0.29, 0.717) is 37.3 Å². The zero-order valence-electron chi connectivity index (χ0n) is 14.9. The monoisotopic (exact) mass is 378 g/mol. The van der Waals surface area contributed by atoms with Crippen LogP contribution in [0.15, 0.2) is 35.4 Å². The Morgan fingerprint density at radius 1 is 1.27 bits per heavy atom. The Morgan fingerprint density at radius 2 is 2.04 bits per heavy atom. The maximum Gasteiger partial charge on any atom is 0.247 e. The minimum Gasteiger partial charge on any atom is -0.309 e. The van der Waals surface area contributed by atoms with Gasteiger partial charge in [-0.3, -0.25) is 4.68 Å². The lowest BCUT2D eigenvalue weighted by Gasteiger charge is -2.35. The van der Waals surface area contributed by atoms with Gasteiger partial charge in [0, 0.05) is 31.1 Å². The van der Waals surface area contributed by atoms with Crippen LogP contribution in [0.5, 0.6) is 0 Å². The second-order valence-corrected chi connectivity index (χ2v) is 9.28.